The maximum absolute atomic E-state index is 13.7. The number of anilines is 1. The summed E-state index contributed by atoms with van der Waals surface area (Å²) in [4.78, 5) is 13.0. The van der Waals surface area contributed by atoms with Gasteiger partial charge in [0, 0.05) is 35.8 Å². The minimum atomic E-state index is -0.345. The lowest BCUT2D eigenvalue weighted by Crippen LogP contribution is -2.04. The van der Waals surface area contributed by atoms with Gasteiger partial charge in [-0.3, -0.25) is 4.40 Å². The number of aromatic nitrogens is 4. The molecule has 124 valence electrons. The summed E-state index contributed by atoms with van der Waals surface area (Å²) in [6.45, 7) is 0. The largest absolute Gasteiger partial charge is 0.481 e. The van der Waals surface area contributed by atoms with Crippen molar-refractivity contribution >= 4 is 11.5 Å². The summed E-state index contributed by atoms with van der Waals surface area (Å²) < 4.78 is 20.7. The maximum atomic E-state index is 13.7. The van der Waals surface area contributed by atoms with Crippen LogP contribution >= 0.6 is 0 Å². The Morgan fingerprint density at radius 2 is 2.00 bits per heavy atom. The summed E-state index contributed by atoms with van der Waals surface area (Å²) in [5.41, 5.74) is 9.26. The van der Waals surface area contributed by atoms with E-state index in [2.05, 4.69) is 15.0 Å². The van der Waals surface area contributed by atoms with Crippen LogP contribution in [0.4, 0.5) is 10.2 Å². The van der Waals surface area contributed by atoms with Crippen LogP contribution in [0.2, 0.25) is 0 Å². The fraction of sp³-hybridized carbons (Fsp3) is 0.0556. The van der Waals surface area contributed by atoms with Gasteiger partial charge in [0.05, 0.1) is 18.5 Å². The Kier molecular flexibility index (Phi) is 3.53. The number of ether oxygens (including phenoxy) is 1. The lowest BCUT2D eigenvalue weighted by Gasteiger charge is -2.13. The van der Waals surface area contributed by atoms with Crippen LogP contribution in [0.1, 0.15) is 0 Å². The highest BCUT2D eigenvalue weighted by molar-refractivity contribution is 5.82. The van der Waals surface area contributed by atoms with Crippen molar-refractivity contribution in [3.63, 3.8) is 0 Å². The van der Waals surface area contributed by atoms with Gasteiger partial charge in [-0.1, -0.05) is 12.1 Å². The monoisotopic (exact) mass is 335 g/mol. The molecule has 4 rings (SSSR count). The van der Waals surface area contributed by atoms with Gasteiger partial charge in [-0.05, 0) is 18.2 Å². The summed E-state index contributed by atoms with van der Waals surface area (Å²) in [5, 5.41) is 0. The molecule has 1 aromatic carbocycles. The van der Waals surface area contributed by atoms with Crippen LogP contribution in [0.15, 0.2) is 55.0 Å². The molecule has 0 bridgehead atoms. The molecule has 0 saturated carbocycles. The van der Waals surface area contributed by atoms with Crippen LogP contribution < -0.4 is 10.5 Å². The molecule has 0 aliphatic heterocycles. The van der Waals surface area contributed by atoms with Crippen molar-refractivity contribution in [2.24, 2.45) is 0 Å². The van der Waals surface area contributed by atoms with E-state index in [0.29, 0.717) is 22.8 Å². The molecule has 0 unspecified atom stereocenters. The van der Waals surface area contributed by atoms with Crippen molar-refractivity contribution in [1.29, 1.82) is 0 Å². The first-order valence-electron chi connectivity index (χ1n) is 7.56. The number of halogens is 1. The van der Waals surface area contributed by atoms with E-state index < -0.39 is 0 Å². The third-order valence-corrected chi connectivity index (χ3v) is 3.88. The molecule has 0 amide bonds. The fourth-order valence-corrected chi connectivity index (χ4v) is 2.76. The van der Waals surface area contributed by atoms with Gasteiger partial charge in [0.2, 0.25) is 5.88 Å². The third kappa shape index (κ3) is 2.55. The summed E-state index contributed by atoms with van der Waals surface area (Å²) in [6, 6.07) is 9.85. The zero-order chi connectivity index (χ0) is 17.4. The topological polar surface area (TPSA) is 78.3 Å². The van der Waals surface area contributed by atoms with Gasteiger partial charge < -0.3 is 10.5 Å². The highest BCUT2D eigenvalue weighted by atomic mass is 19.1. The van der Waals surface area contributed by atoms with Gasteiger partial charge in [-0.25, -0.2) is 19.3 Å². The molecule has 3 aromatic heterocycles. The van der Waals surface area contributed by atoms with Crippen molar-refractivity contribution in [2.75, 3.05) is 12.8 Å². The molecule has 2 N–H and O–H groups in total. The predicted molar refractivity (Wildman–Crippen MR) is 92.6 cm³/mol. The number of hydrogen-bond acceptors (Lipinski definition) is 5. The number of fused-ring (bicyclic) bond motifs is 1. The molecule has 0 fully saturated rings. The minimum Gasteiger partial charge on any atom is -0.481 e. The van der Waals surface area contributed by atoms with Gasteiger partial charge in [0.1, 0.15) is 5.82 Å². The molecule has 0 aliphatic carbocycles. The third-order valence-electron chi connectivity index (χ3n) is 3.88. The van der Waals surface area contributed by atoms with Crippen LogP contribution in [0.3, 0.4) is 0 Å². The van der Waals surface area contributed by atoms with E-state index in [1.165, 1.54) is 12.1 Å². The first-order chi connectivity index (χ1) is 12.2. The van der Waals surface area contributed by atoms with Crippen LogP contribution in [0, 0.1) is 5.82 Å². The van der Waals surface area contributed by atoms with Crippen LogP contribution in [-0.4, -0.2) is 26.5 Å². The van der Waals surface area contributed by atoms with E-state index in [1.54, 1.807) is 43.9 Å². The summed E-state index contributed by atoms with van der Waals surface area (Å²) >= 11 is 0. The SMILES string of the molecule is COc1ccc(-c2c(-c3cccc(F)c3)nc(N)c3nccn23)cn1. The minimum absolute atomic E-state index is 0.273. The van der Waals surface area contributed by atoms with Crippen molar-refractivity contribution in [3.8, 4) is 28.4 Å². The molecule has 3 heterocycles. The first kappa shape index (κ1) is 15.1. The second kappa shape index (κ2) is 5.86. The highest BCUT2D eigenvalue weighted by Gasteiger charge is 2.17. The van der Waals surface area contributed by atoms with Crippen molar-refractivity contribution < 1.29 is 9.13 Å². The smallest absolute Gasteiger partial charge is 0.212 e. The van der Waals surface area contributed by atoms with E-state index in [0.717, 1.165) is 11.3 Å². The lowest BCUT2D eigenvalue weighted by atomic mass is 10.0. The Morgan fingerprint density at radius 1 is 1.12 bits per heavy atom. The van der Waals surface area contributed by atoms with E-state index in [4.69, 9.17) is 10.5 Å². The second-order valence-corrected chi connectivity index (χ2v) is 5.41. The number of benzene rings is 1. The first-order valence-corrected chi connectivity index (χ1v) is 7.56. The molecule has 25 heavy (non-hydrogen) atoms. The molecule has 0 atom stereocenters. The van der Waals surface area contributed by atoms with Gasteiger partial charge in [-0.2, -0.15) is 0 Å². The number of pyridine rings is 1. The number of methoxy groups -OCH3 is 1. The number of hydrogen-bond donors (Lipinski definition) is 1. The molecule has 0 saturated heterocycles. The van der Waals surface area contributed by atoms with Crippen LogP contribution in [-0.2, 0) is 0 Å². The number of imidazole rings is 1. The molecule has 0 aliphatic rings. The Bertz CT molecular complexity index is 1060. The molecule has 7 heteroatoms. The van der Waals surface area contributed by atoms with Gasteiger partial charge in [0.25, 0.3) is 0 Å². The van der Waals surface area contributed by atoms with Crippen LogP contribution in [0.5, 0.6) is 5.88 Å². The molecule has 6 nitrogen and oxygen atoms in total. The molecular formula is C18H14FN5O. The van der Waals surface area contributed by atoms with Crippen LogP contribution in [0.25, 0.3) is 28.2 Å². The molecule has 4 aromatic rings. The summed E-state index contributed by atoms with van der Waals surface area (Å²) in [7, 11) is 1.55. The standard InChI is InChI=1S/C18H14FN5O/c1-25-14-6-5-12(10-22-14)16-15(11-3-2-4-13(19)9-11)23-17(20)18-21-7-8-24(16)18/h2-10H,1H3,(H2,20,23). The summed E-state index contributed by atoms with van der Waals surface area (Å²) in [6.07, 6.45) is 5.10. The molecule has 0 radical (unpaired) electrons. The Balaban J connectivity index is 2.04. The average molecular weight is 335 g/mol. The lowest BCUT2D eigenvalue weighted by molar-refractivity contribution is 0.398. The van der Waals surface area contributed by atoms with E-state index >= 15 is 0 Å². The van der Waals surface area contributed by atoms with Crippen molar-refractivity contribution in [1.82, 2.24) is 19.4 Å². The number of nitrogens with two attached hydrogens (primary N) is 1. The Labute approximate surface area is 142 Å². The Hall–Kier alpha value is -3.48. The Morgan fingerprint density at radius 3 is 2.72 bits per heavy atom. The number of rotatable bonds is 3. The summed E-state index contributed by atoms with van der Waals surface area (Å²) in [5.74, 6) is 0.429. The zero-order valence-electron chi connectivity index (χ0n) is 13.3. The fourth-order valence-electron chi connectivity index (χ4n) is 2.76. The molecule has 0 spiro atoms. The van der Waals surface area contributed by atoms with E-state index in [-0.39, 0.29) is 11.6 Å². The maximum Gasteiger partial charge on any atom is 0.212 e. The van der Waals surface area contributed by atoms with Gasteiger partial charge >= 0.3 is 0 Å². The highest BCUT2D eigenvalue weighted by Crippen LogP contribution is 2.33. The molecular weight excluding hydrogens is 321 g/mol. The average Bonchev–Trinajstić information content (AvgIpc) is 3.12. The van der Waals surface area contributed by atoms with E-state index in [1.807, 2.05) is 10.5 Å². The number of nitrogens with zero attached hydrogens (tertiary/aromatic N) is 4. The van der Waals surface area contributed by atoms with Crippen molar-refractivity contribution in [2.45, 2.75) is 0 Å². The number of nitrogen functional groups attached to an aromatic ring is 1. The predicted octanol–water partition coefficient (Wildman–Crippen LogP) is 3.19. The van der Waals surface area contributed by atoms with E-state index in [9.17, 15) is 4.39 Å². The van der Waals surface area contributed by atoms with Gasteiger partial charge in [0.15, 0.2) is 11.5 Å². The second-order valence-electron chi connectivity index (χ2n) is 5.41. The zero-order valence-corrected chi connectivity index (χ0v) is 13.3. The van der Waals surface area contributed by atoms with Crippen molar-refractivity contribution in [3.05, 3.63) is 60.8 Å². The van der Waals surface area contributed by atoms with Gasteiger partial charge in [-0.15, -0.1) is 0 Å². The normalized spacial score (nSPS) is 11.0. The quantitative estimate of drug-likeness (QED) is 0.622.